The summed E-state index contributed by atoms with van der Waals surface area (Å²) in [6, 6.07) is 12.7. The molecule has 0 spiro atoms. The van der Waals surface area contributed by atoms with E-state index in [1.807, 2.05) is 30.3 Å². The van der Waals surface area contributed by atoms with E-state index in [9.17, 15) is 4.79 Å². The topological polar surface area (TPSA) is 101 Å². The van der Waals surface area contributed by atoms with Crippen LogP contribution in [-0.4, -0.2) is 43.2 Å². The largest absolute Gasteiger partial charge is 0.359 e. The van der Waals surface area contributed by atoms with Crippen LogP contribution < -0.4 is 0 Å². The van der Waals surface area contributed by atoms with Gasteiger partial charge in [-0.2, -0.15) is 5.10 Å². The number of carbonyl (C=O) groups excluding carboxylic acids is 1. The van der Waals surface area contributed by atoms with Crippen LogP contribution in [0.2, 0.25) is 0 Å². The number of rotatable bonds is 5. The van der Waals surface area contributed by atoms with Gasteiger partial charge in [0.15, 0.2) is 11.6 Å². The van der Waals surface area contributed by atoms with Crippen LogP contribution in [0.5, 0.6) is 0 Å². The Bertz CT molecular complexity index is 1030. The third-order valence-corrected chi connectivity index (χ3v) is 4.10. The van der Waals surface area contributed by atoms with Crippen molar-refractivity contribution in [2.75, 3.05) is 7.05 Å². The van der Waals surface area contributed by atoms with E-state index in [4.69, 9.17) is 4.52 Å². The molecule has 1 aromatic carbocycles. The molecular weight excluding hydrogens is 344 g/mol. The van der Waals surface area contributed by atoms with Gasteiger partial charge in [-0.1, -0.05) is 17.3 Å². The normalized spacial score (nSPS) is 10.7. The van der Waals surface area contributed by atoms with Gasteiger partial charge in [0.2, 0.25) is 0 Å². The third-order valence-electron chi connectivity index (χ3n) is 4.10. The average molecular weight is 360 g/mol. The first kappa shape index (κ1) is 16.6. The Balaban J connectivity index is 1.44. The van der Waals surface area contributed by atoms with Gasteiger partial charge in [-0.05, 0) is 24.3 Å². The van der Waals surface area contributed by atoms with Crippen LogP contribution in [0.25, 0.3) is 22.6 Å². The minimum absolute atomic E-state index is 0.110. The zero-order valence-corrected chi connectivity index (χ0v) is 14.5. The molecule has 4 aromatic rings. The molecule has 4 rings (SSSR count). The lowest BCUT2D eigenvalue weighted by atomic mass is 10.1. The summed E-state index contributed by atoms with van der Waals surface area (Å²) >= 11 is 0. The highest BCUT2D eigenvalue weighted by Crippen LogP contribution is 2.20. The maximum Gasteiger partial charge on any atom is 0.254 e. The number of amides is 1. The van der Waals surface area contributed by atoms with Gasteiger partial charge in [0, 0.05) is 42.2 Å². The Morgan fingerprint density at radius 1 is 1.11 bits per heavy atom. The van der Waals surface area contributed by atoms with Crippen molar-refractivity contribution in [1.82, 2.24) is 30.2 Å². The summed E-state index contributed by atoms with van der Waals surface area (Å²) in [6.45, 7) is 0.320. The van der Waals surface area contributed by atoms with Gasteiger partial charge in [0.05, 0.1) is 6.54 Å². The minimum atomic E-state index is -0.110. The number of H-pyrrole nitrogens is 1. The van der Waals surface area contributed by atoms with Crippen LogP contribution in [0.4, 0.5) is 0 Å². The smallest absolute Gasteiger partial charge is 0.254 e. The summed E-state index contributed by atoms with van der Waals surface area (Å²) in [4.78, 5) is 22.3. The number of aromatic amines is 1. The summed E-state index contributed by atoms with van der Waals surface area (Å²) in [5.74, 6) is 1.16. The Morgan fingerprint density at radius 2 is 1.89 bits per heavy atom. The maximum absolute atomic E-state index is 12.6. The molecule has 0 radical (unpaired) electrons. The van der Waals surface area contributed by atoms with Crippen molar-refractivity contribution >= 4 is 5.91 Å². The van der Waals surface area contributed by atoms with Crippen molar-refractivity contribution in [3.05, 3.63) is 72.5 Å². The van der Waals surface area contributed by atoms with Gasteiger partial charge in [-0.15, -0.1) is 0 Å². The van der Waals surface area contributed by atoms with Gasteiger partial charge >= 0.3 is 0 Å². The number of carbonyl (C=O) groups is 1. The third kappa shape index (κ3) is 3.59. The number of pyridine rings is 1. The summed E-state index contributed by atoms with van der Waals surface area (Å²) < 4.78 is 5.36. The number of hydrogen-bond donors (Lipinski definition) is 1. The molecule has 0 aliphatic carbocycles. The molecule has 0 unspecified atom stereocenters. The van der Waals surface area contributed by atoms with E-state index in [2.05, 4.69) is 25.3 Å². The second-order valence-electron chi connectivity index (χ2n) is 5.99. The quantitative estimate of drug-likeness (QED) is 0.587. The summed E-state index contributed by atoms with van der Waals surface area (Å²) in [5.41, 5.74) is 3.07. The first-order valence-electron chi connectivity index (χ1n) is 8.28. The zero-order chi connectivity index (χ0) is 18.6. The lowest BCUT2D eigenvalue weighted by molar-refractivity contribution is 0.0772. The van der Waals surface area contributed by atoms with E-state index in [0.717, 1.165) is 11.1 Å². The van der Waals surface area contributed by atoms with E-state index >= 15 is 0 Å². The highest BCUT2D eigenvalue weighted by Gasteiger charge is 2.15. The Morgan fingerprint density at radius 3 is 2.59 bits per heavy atom. The molecule has 1 amide bonds. The molecule has 8 heteroatoms. The zero-order valence-electron chi connectivity index (χ0n) is 14.5. The van der Waals surface area contributed by atoms with E-state index in [1.54, 1.807) is 36.5 Å². The predicted octanol–water partition coefficient (Wildman–Crippen LogP) is 2.79. The lowest BCUT2D eigenvalue weighted by Crippen LogP contribution is -2.25. The van der Waals surface area contributed by atoms with Gasteiger partial charge < -0.3 is 9.42 Å². The first-order chi connectivity index (χ1) is 13.2. The minimum Gasteiger partial charge on any atom is -0.359 e. The highest BCUT2D eigenvalue weighted by atomic mass is 16.5. The standard InChI is InChI=1S/C19H16N6O2/c1-25(11-16-10-17(24-27-16)13-6-8-20-9-7-13)19(26)15-4-2-14(3-5-15)18-21-12-22-23-18/h2-10,12H,11H2,1H3,(H,21,22,23). The van der Waals surface area contributed by atoms with Crippen molar-refractivity contribution in [1.29, 1.82) is 0 Å². The SMILES string of the molecule is CN(Cc1cc(-c2ccncc2)no1)C(=O)c1ccc(-c2ncn[nH]2)cc1. The van der Waals surface area contributed by atoms with Crippen LogP contribution >= 0.6 is 0 Å². The van der Waals surface area contributed by atoms with E-state index < -0.39 is 0 Å². The molecule has 0 aliphatic rings. The molecule has 27 heavy (non-hydrogen) atoms. The second-order valence-corrected chi connectivity index (χ2v) is 5.99. The Hall–Kier alpha value is -3.81. The predicted molar refractivity (Wildman–Crippen MR) is 97.4 cm³/mol. The molecule has 0 saturated carbocycles. The number of aromatic nitrogens is 5. The van der Waals surface area contributed by atoms with Gasteiger partial charge in [-0.3, -0.25) is 14.9 Å². The molecule has 0 fully saturated rings. The van der Waals surface area contributed by atoms with Crippen LogP contribution in [0.1, 0.15) is 16.1 Å². The second kappa shape index (κ2) is 7.20. The fraction of sp³-hybridized carbons (Fsp3) is 0.105. The average Bonchev–Trinajstić information content (AvgIpc) is 3.40. The van der Waals surface area contributed by atoms with Gasteiger partial charge in [-0.25, -0.2) is 4.98 Å². The molecular formula is C19H16N6O2. The Labute approximate surface area is 154 Å². The fourth-order valence-corrected chi connectivity index (χ4v) is 2.69. The molecule has 1 N–H and O–H groups in total. The number of nitrogens with zero attached hydrogens (tertiary/aromatic N) is 5. The van der Waals surface area contributed by atoms with Crippen molar-refractivity contribution < 1.29 is 9.32 Å². The van der Waals surface area contributed by atoms with E-state index in [1.165, 1.54) is 6.33 Å². The molecule has 3 heterocycles. The Kier molecular flexibility index (Phi) is 4.44. The monoisotopic (exact) mass is 360 g/mol. The number of benzene rings is 1. The molecule has 134 valence electrons. The molecule has 3 aromatic heterocycles. The molecule has 0 aliphatic heterocycles. The molecule has 0 saturated heterocycles. The van der Waals surface area contributed by atoms with Crippen molar-refractivity contribution in [2.24, 2.45) is 0 Å². The maximum atomic E-state index is 12.6. The van der Waals surface area contributed by atoms with E-state index in [-0.39, 0.29) is 5.91 Å². The van der Waals surface area contributed by atoms with Crippen molar-refractivity contribution in [3.8, 4) is 22.6 Å². The molecule has 0 atom stereocenters. The van der Waals surface area contributed by atoms with Crippen molar-refractivity contribution in [2.45, 2.75) is 6.54 Å². The number of nitrogens with one attached hydrogen (secondary N) is 1. The summed E-state index contributed by atoms with van der Waals surface area (Å²) in [5, 5.41) is 10.7. The molecule has 8 nitrogen and oxygen atoms in total. The summed E-state index contributed by atoms with van der Waals surface area (Å²) in [6.07, 6.45) is 4.84. The van der Waals surface area contributed by atoms with Gasteiger partial charge in [0.1, 0.15) is 12.0 Å². The van der Waals surface area contributed by atoms with Gasteiger partial charge in [0.25, 0.3) is 5.91 Å². The molecule has 0 bridgehead atoms. The van der Waals surface area contributed by atoms with Crippen LogP contribution in [0.3, 0.4) is 0 Å². The fourth-order valence-electron chi connectivity index (χ4n) is 2.69. The van der Waals surface area contributed by atoms with E-state index in [0.29, 0.717) is 29.4 Å². The summed E-state index contributed by atoms with van der Waals surface area (Å²) in [7, 11) is 1.72. The van der Waals surface area contributed by atoms with Crippen LogP contribution in [0.15, 0.2) is 65.7 Å². The lowest BCUT2D eigenvalue weighted by Gasteiger charge is -2.15. The van der Waals surface area contributed by atoms with Crippen LogP contribution in [-0.2, 0) is 6.54 Å². The number of hydrogen-bond acceptors (Lipinski definition) is 6. The van der Waals surface area contributed by atoms with Crippen molar-refractivity contribution in [3.63, 3.8) is 0 Å². The highest BCUT2D eigenvalue weighted by molar-refractivity contribution is 5.94. The first-order valence-corrected chi connectivity index (χ1v) is 8.28. The van der Waals surface area contributed by atoms with Crippen LogP contribution in [0, 0.1) is 0 Å².